The van der Waals surface area contributed by atoms with Crippen LogP contribution in [0.5, 0.6) is 0 Å². The molecule has 0 rings (SSSR count). The van der Waals surface area contributed by atoms with Gasteiger partial charge in [-0.3, -0.25) is 4.79 Å². The average Bonchev–Trinajstić information content (AvgIpc) is 1.61. The topological polar surface area (TPSA) is 46.2 Å². The van der Waals surface area contributed by atoms with Gasteiger partial charge in [-0.2, -0.15) is 0 Å². The molecule has 0 aromatic rings. The van der Waals surface area contributed by atoms with Gasteiger partial charge in [0.15, 0.2) is 0 Å². The van der Waals surface area contributed by atoms with Crippen molar-refractivity contribution in [3.8, 4) is 0 Å². The van der Waals surface area contributed by atoms with E-state index in [-0.39, 0.29) is 12.5 Å². The lowest BCUT2D eigenvalue weighted by Crippen LogP contribution is -2.21. The lowest BCUT2D eigenvalue weighted by molar-refractivity contribution is -0.120. The SMILES string of the molecule is CC(=O)NCC=O. The summed E-state index contributed by atoms with van der Waals surface area (Å²) in [5.41, 5.74) is 0. The number of hydrogen-bond acceptors (Lipinski definition) is 2. The maximum atomic E-state index is 9.93. The van der Waals surface area contributed by atoms with E-state index in [1.54, 1.807) is 0 Å². The Morgan fingerprint density at radius 3 is 2.57 bits per heavy atom. The molecule has 0 saturated heterocycles. The van der Waals surface area contributed by atoms with E-state index in [2.05, 4.69) is 5.32 Å². The van der Waals surface area contributed by atoms with Crippen LogP contribution in [-0.4, -0.2) is 18.7 Å². The van der Waals surface area contributed by atoms with Crippen LogP contribution in [0, 0.1) is 0 Å². The molecule has 1 N–H and O–H groups in total. The molecule has 0 aromatic heterocycles. The highest BCUT2D eigenvalue weighted by atomic mass is 16.1. The van der Waals surface area contributed by atoms with E-state index in [9.17, 15) is 9.59 Å². The van der Waals surface area contributed by atoms with Crippen molar-refractivity contribution < 1.29 is 9.59 Å². The third-order valence-corrected chi connectivity index (χ3v) is 0.434. The van der Waals surface area contributed by atoms with Crippen molar-refractivity contribution in [2.24, 2.45) is 0 Å². The minimum Gasteiger partial charge on any atom is -0.350 e. The normalized spacial score (nSPS) is 7.57. The molecular weight excluding hydrogens is 94.0 g/mol. The molecule has 1 amide bonds. The highest BCUT2D eigenvalue weighted by molar-refractivity contribution is 5.75. The zero-order valence-electron chi connectivity index (χ0n) is 4.10. The lowest BCUT2D eigenvalue weighted by Gasteiger charge is -1.88. The van der Waals surface area contributed by atoms with Gasteiger partial charge in [0.1, 0.15) is 6.29 Å². The Balaban J connectivity index is 2.97. The summed E-state index contributed by atoms with van der Waals surface area (Å²) in [5, 5.41) is 2.29. The van der Waals surface area contributed by atoms with Crippen molar-refractivity contribution in [1.29, 1.82) is 0 Å². The minimum atomic E-state index is -0.174. The standard InChI is InChI=1S/C4H7NO2/c1-4(7)5-2-3-6/h3H,2H2,1H3,(H,5,7). The van der Waals surface area contributed by atoms with Crippen molar-refractivity contribution in [3.05, 3.63) is 0 Å². The van der Waals surface area contributed by atoms with Crippen LogP contribution in [0.15, 0.2) is 0 Å². The third kappa shape index (κ3) is 5.14. The molecule has 0 fully saturated rings. The first-order chi connectivity index (χ1) is 3.27. The zero-order chi connectivity index (χ0) is 5.70. The van der Waals surface area contributed by atoms with Gasteiger partial charge in [-0.15, -0.1) is 0 Å². The van der Waals surface area contributed by atoms with Gasteiger partial charge < -0.3 is 10.1 Å². The number of carbonyl (C=O) groups is 2. The van der Waals surface area contributed by atoms with E-state index in [1.807, 2.05) is 0 Å². The second kappa shape index (κ2) is 3.33. The number of amides is 1. The number of nitrogens with one attached hydrogen (secondary N) is 1. The molecule has 0 bridgehead atoms. The summed E-state index contributed by atoms with van der Waals surface area (Å²) in [7, 11) is 0. The quantitative estimate of drug-likeness (QED) is 0.468. The fourth-order valence-corrected chi connectivity index (χ4v) is 0.185. The summed E-state index contributed by atoms with van der Waals surface area (Å²) in [6.45, 7) is 1.48. The van der Waals surface area contributed by atoms with Crippen LogP contribution in [0.1, 0.15) is 6.92 Å². The molecule has 0 aliphatic heterocycles. The monoisotopic (exact) mass is 101 g/mol. The summed E-state index contributed by atoms with van der Waals surface area (Å²) >= 11 is 0. The van der Waals surface area contributed by atoms with Gasteiger partial charge in [-0.05, 0) is 0 Å². The smallest absolute Gasteiger partial charge is 0.217 e. The van der Waals surface area contributed by atoms with Crippen molar-refractivity contribution >= 4 is 12.2 Å². The van der Waals surface area contributed by atoms with Crippen LogP contribution in [0.2, 0.25) is 0 Å². The van der Waals surface area contributed by atoms with Crippen molar-refractivity contribution in [3.63, 3.8) is 0 Å². The van der Waals surface area contributed by atoms with Crippen molar-refractivity contribution in [1.82, 2.24) is 5.32 Å². The van der Waals surface area contributed by atoms with Crippen LogP contribution in [-0.2, 0) is 9.59 Å². The van der Waals surface area contributed by atoms with Crippen LogP contribution in [0.3, 0.4) is 0 Å². The molecule has 0 aliphatic carbocycles. The van der Waals surface area contributed by atoms with E-state index in [0.29, 0.717) is 6.29 Å². The molecule has 0 spiro atoms. The van der Waals surface area contributed by atoms with Crippen LogP contribution in [0.25, 0.3) is 0 Å². The summed E-state index contributed by atoms with van der Waals surface area (Å²) < 4.78 is 0. The predicted molar refractivity (Wildman–Crippen MR) is 24.7 cm³/mol. The van der Waals surface area contributed by atoms with E-state index in [4.69, 9.17) is 0 Å². The molecule has 0 aliphatic rings. The second-order valence-corrected chi connectivity index (χ2v) is 1.10. The van der Waals surface area contributed by atoms with Crippen molar-refractivity contribution in [2.75, 3.05) is 6.54 Å². The number of rotatable bonds is 2. The molecule has 0 unspecified atom stereocenters. The van der Waals surface area contributed by atoms with Gasteiger partial charge >= 0.3 is 0 Å². The van der Waals surface area contributed by atoms with Gasteiger partial charge in [0, 0.05) is 6.92 Å². The van der Waals surface area contributed by atoms with E-state index < -0.39 is 0 Å². The largest absolute Gasteiger partial charge is 0.350 e. The first-order valence-corrected chi connectivity index (χ1v) is 1.95. The molecule has 3 heteroatoms. The summed E-state index contributed by atoms with van der Waals surface area (Å²) in [4.78, 5) is 19.4. The fraction of sp³-hybridized carbons (Fsp3) is 0.500. The van der Waals surface area contributed by atoms with Crippen LogP contribution in [0.4, 0.5) is 0 Å². The lowest BCUT2D eigenvalue weighted by atomic mass is 10.6. The molecular formula is C4H7NO2. The van der Waals surface area contributed by atoms with Crippen LogP contribution >= 0.6 is 0 Å². The predicted octanol–water partition coefficient (Wildman–Crippen LogP) is -0.679. The second-order valence-electron chi connectivity index (χ2n) is 1.10. The Morgan fingerprint density at radius 1 is 1.86 bits per heavy atom. The number of carbonyl (C=O) groups excluding carboxylic acids is 2. The Morgan fingerprint density at radius 2 is 2.43 bits per heavy atom. The van der Waals surface area contributed by atoms with Crippen molar-refractivity contribution in [2.45, 2.75) is 6.92 Å². The Labute approximate surface area is 41.7 Å². The van der Waals surface area contributed by atoms with Gasteiger partial charge in [0.2, 0.25) is 5.91 Å². The molecule has 0 atom stereocenters. The molecule has 7 heavy (non-hydrogen) atoms. The molecule has 0 saturated carbocycles. The highest BCUT2D eigenvalue weighted by Gasteiger charge is 1.83. The van der Waals surface area contributed by atoms with E-state index >= 15 is 0 Å². The minimum absolute atomic E-state index is 0.120. The Kier molecular flexibility index (Phi) is 2.92. The van der Waals surface area contributed by atoms with Gasteiger partial charge in [-0.25, -0.2) is 0 Å². The first-order valence-electron chi connectivity index (χ1n) is 1.95. The Bertz CT molecular complexity index is 79.8. The maximum Gasteiger partial charge on any atom is 0.217 e. The first kappa shape index (κ1) is 6.14. The number of hydrogen-bond donors (Lipinski definition) is 1. The summed E-state index contributed by atoms with van der Waals surface area (Å²) in [6.07, 6.45) is 0.640. The van der Waals surface area contributed by atoms with Gasteiger partial charge in [0.25, 0.3) is 0 Å². The summed E-state index contributed by atoms with van der Waals surface area (Å²) in [5.74, 6) is -0.174. The van der Waals surface area contributed by atoms with Crippen LogP contribution < -0.4 is 5.32 Å². The van der Waals surface area contributed by atoms with E-state index in [1.165, 1.54) is 6.92 Å². The highest BCUT2D eigenvalue weighted by Crippen LogP contribution is 1.53. The molecule has 0 radical (unpaired) electrons. The molecule has 3 nitrogen and oxygen atoms in total. The average molecular weight is 101 g/mol. The van der Waals surface area contributed by atoms with Gasteiger partial charge in [-0.1, -0.05) is 0 Å². The molecule has 0 aromatic carbocycles. The molecule has 40 valence electrons. The maximum absolute atomic E-state index is 9.93. The van der Waals surface area contributed by atoms with Gasteiger partial charge in [0.05, 0.1) is 6.54 Å². The fourth-order valence-electron chi connectivity index (χ4n) is 0.185. The third-order valence-electron chi connectivity index (χ3n) is 0.434. The Hall–Kier alpha value is -0.860. The number of aldehydes is 1. The van der Waals surface area contributed by atoms with E-state index in [0.717, 1.165) is 0 Å². The molecule has 0 heterocycles. The zero-order valence-corrected chi connectivity index (χ0v) is 4.10. The summed E-state index contributed by atoms with van der Waals surface area (Å²) in [6, 6.07) is 0.